The van der Waals surface area contributed by atoms with Crippen LogP contribution in [-0.4, -0.2) is 24.7 Å². The van der Waals surface area contributed by atoms with Crippen LogP contribution in [0, 0.1) is 16.7 Å². The molecule has 1 aliphatic heterocycles. The summed E-state index contributed by atoms with van der Waals surface area (Å²) >= 11 is 0. The first-order valence-corrected chi connectivity index (χ1v) is 7.89. The number of carbonyl (C=O) groups is 1. The monoisotopic (exact) mass is 265 g/mol. The molecule has 3 rings (SSSR count). The van der Waals surface area contributed by atoms with E-state index in [0.29, 0.717) is 5.41 Å². The summed E-state index contributed by atoms with van der Waals surface area (Å²) in [6.07, 6.45) is 6.98. The van der Waals surface area contributed by atoms with Crippen LogP contribution in [0.2, 0.25) is 0 Å². The van der Waals surface area contributed by atoms with Crippen LogP contribution in [0.5, 0.6) is 0 Å². The highest BCUT2D eigenvalue weighted by Crippen LogP contribution is 2.66. The Kier molecular flexibility index (Phi) is 3.16. The highest BCUT2D eigenvalue weighted by Gasteiger charge is 2.63. The molecule has 2 aliphatic carbocycles. The van der Waals surface area contributed by atoms with Crippen molar-refractivity contribution in [3.63, 3.8) is 0 Å². The minimum Gasteiger partial charge on any atom is -0.461 e. The predicted octanol–water partition coefficient (Wildman–Crippen LogP) is 2.89. The van der Waals surface area contributed by atoms with E-state index in [0.717, 1.165) is 31.7 Å². The summed E-state index contributed by atoms with van der Waals surface area (Å²) < 4.78 is 5.92. The van der Waals surface area contributed by atoms with Crippen molar-refractivity contribution in [1.82, 2.24) is 5.32 Å². The quantitative estimate of drug-likeness (QED) is 0.780. The first-order valence-electron chi connectivity index (χ1n) is 7.89. The molecule has 3 nitrogen and oxygen atoms in total. The molecule has 2 saturated carbocycles. The lowest BCUT2D eigenvalue weighted by molar-refractivity contribution is -0.160. The number of hydrogen-bond acceptors (Lipinski definition) is 3. The summed E-state index contributed by atoms with van der Waals surface area (Å²) in [4.78, 5) is 12.3. The molecular formula is C16H27NO2. The van der Waals surface area contributed by atoms with E-state index in [1.54, 1.807) is 0 Å². The zero-order valence-corrected chi connectivity index (χ0v) is 12.5. The topological polar surface area (TPSA) is 38.3 Å². The van der Waals surface area contributed by atoms with E-state index in [-0.39, 0.29) is 23.5 Å². The number of piperidine rings is 1. The molecule has 19 heavy (non-hydrogen) atoms. The summed E-state index contributed by atoms with van der Waals surface area (Å²) in [5.74, 6) is 0.726. The normalized spacial score (nSPS) is 44.3. The van der Waals surface area contributed by atoms with Crippen molar-refractivity contribution in [2.45, 2.75) is 71.4 Å². The van der Waals surface area contributed by atoms with Gasteiger partial charge in [-0.2, -0.15) is 0 Å². The molecular weight excluding hydrogens is 238 g/mol. The first kappa shape index (κ1) is 13.4. The average molecular weight is 265 g/mol. The fraction of sp³-hybridized carbons (Fsp3) is 0.938. The zero-order chi connectivity index (χ0) is 13.7. The molecule has 0 aromatic heterocycles. The Bertz CT molecular complexity index is 373. The van der Waals surface area contributed by atoms with Crippen molar-refractivity contribution in [2.24, 2.45) is 16.7 Å². The molecule has 3 heteroatoms. The van der Waals surface area contributed by atoms with Crippen molar-refractivity contribution in [3.8, 4) is 0 Å². The molecule has 0 radical (unpaired) electrons. The van der Waals surface area contributed by atoms with Crippen LogP contribution in [0.1, 0.15) is 59.3 Å². The second-order valence-corrected chi connectivity index (χ2v) is 7.54. The lowest BCUT2D eigenvalue weighted by Crippen LogP contribution is -2.45. The number of fused-ring (bicyclic) bond motifs is 2. The van der Waals surface area contributed by atoms with Gasteiger partial charge in [-0.3, -0.25) is 4.79 Å². The Balaban J connectivity index is 1.66. The smallest absolute Gasteiger partial charge is 0.323 e. The van der Waals surface area contributed by atoms with Crippen molar-refractivity contribution < 1.29 is 9.53 Å². The minimum absolute atomic E-state index is 0.00530. The number of rotatable bonds is 2. The van der Waals surface area contributed by atoms with E-state index in [1.807, 2.05) is 0 Å². The van der Waals surface area contributed by atoms with Gasteiger partial charge in [-0.05, 0) is 50.0 Å². The van der Waals surface area contributed by atoms with E-state index in [4.69, 9.17) is 4.74 Å². The first-order chi connectivity index (χ1) is 8.95. The number of carbonyl (C=O) groups excluding carboxylic acids is 1. The Labute approximate surface area is 116 Å². The maximum atomic E-state index is 12.3. The third kappa shape index (κ3) is 1.93. The third-order valence-corrected chi connectivity index (χ3v) is 6.57. The highest BCUT2D eigenvalue weighted by molar-refractivity contribution is 5.76. The summed E-state index contributed by atoms with van der Waals surface area (Å²) in [6.45, 7) is 8.00. The van der Waals surface area contributed by atoms with Gasteiger partial charge in [0.2, 0.25) is 0 Å². The zero-order valence-electron chi connectivity index (χ0n) is 12.5. The molecule has 108 valence electrons. The second-order valence-electron chi connectivity index (χ2n) is 7.54. The molecule has 0 amide bonds. The number of hydrogen-bond donors (Lipinski definition) is 1. The van der Waals surface area contributed by atoms with Crippen LogP contribution in [0.15, 0.2) is 0 Å². The molecule has 3 aliphatic rings. The van der Waals surface area contributed by atoms with Crippen LogP contribution in [0.3, 0.4) is 0 Å². The van der Waals surface area contributed by atoms with Crippen LogP contribution in [0.25, 0.3) is 0 Å². The van der Waals surface area contributed by atoms with Crippen molar-refractivity contribution in [1.29, 1.82) is 0 Å². The average Bonchev–Trinajstić information content (AvgIpc) is 2.73. The van der Waals surface area contributed by atoms with Gasteiger partial charge in [-0.15, -0.1) is 0 Å². The summed E-state index contributed by atoms with van der Waals surface area (Å²) in [5.41, 5.74) is 0.500. The minimum atomic E-state index is -0.0559. The summed E-state index contributed by atoms with van der Waals surface area (Å²) in [5, 5.41) is 3.30. The second kappa shape index (κ2) is 4.47. The van der Waals surface area contributed by atoms with Gasteiger partial charge < -0.3 is 10.1 Å². The largest absolute Gasteiger partial charge is 0.461 e. The van der Waals surface area contributed by atoms with Gasteiger partial charge in [0.25, 0.3) is 0 Å². The predicted molar refractivity (Wildman–Crippen MR) is 74.8 cm³/mol. The van der Waals surface area contributed by atoms with Crippen LogP contribution in [-0.2, 0) is 9.53 Å². The lowest BCUT2D eigenvalue weighted by atomic mass is 9.70. The van der Waals surface area contributed by atoms with Gasteiger partial charge >= 0.3 is 5.97 Å². The van der Waals surface area contributed by atoms with Gasteiger partial charge in [-0.25, -0.2) is 0 Å². The number of esters is 1. The summed E-state index contributed by atoms with van der Waals surface area (Å²) in [6, 6.07) is -0.0559. The van der Waals surface area contributed by atoms with Crippen LogP contribution < -0.4 is 5.32 Å². The molecule has 4 atom stereocenters. The highest BCUT2D eigenvalue weighted by atomic mass is 16.5. The van der Waals surface area contributed by atoms with Gasteiger partial charge in [0, 0.05) is 5.41 Å². The SMILES string of the molecule is CC1(C)C2CCC1(C)C(OC(=O)[C@@H]1CCCCN1)C2. The van der Waals surface area contributed by atoms with E-state index in [2.05, 4.69) is 26.1 Å². The van der Waals surface area contributed by atoms with Crippen molar-refractivity contribution in [2.75, 3.05) is 6.54 Å². The van der Waals surface area contributed by atoms with Gasteiger partial charge in [0.05, 0.1) is 0 Å². The van der Waals surface area contributed by atoms with E-state index < -0.39 is 0 Å². The lowest BCUT2D eigenvalue weighted by Gasteiger charge is -2.39. The molecule has 3 unspecified atom stereocenters. The van der Waals surface area contributed by atoms with E-state index >= 15 is 0 Å². The van der Waals surface area contributed by atoms with Crippen molar-refractivity contribution in [3.05, 3.63) is 0 Å². The van der Waals surface area contributed by atoms with Crippen LogP contribution >= 0.6 is 0 Å². The molecule has 1 heterocycles. The Morgan fingerprint density at radius 2 is 2.00 bits per heavy atom. The molecule has 0 aromatic rings. The molecule has 0 aromatic carbocycles. The fourth-order valence-corrected chi connectivity index (χ4v) is 4.58. The number of ether oxygens (including phenoxy) is 1. The summed E-state index contributed by atoms with van der Waals surface area (Å²) in [7, 11) is 0. The Morgan fingerprint density at radius 1 is 1.21 bits per heavy atom. The van der Waals surface area contributed by atoms with Crippen LogP contribution in [0.4, 0.5) is 0 Å². The van der Waals surface area contributed by atoms with E-state index in [9.17, 15) is 4.79 Å². The molecule has 1 N–H and O–H groups in total. The van der Waals surface area contributed by atoms with Gasteiger partial charge in [0.1, 0.15) is 12.1 Å². The Hall–Kier alpha value is -0.570. The molecule has 3 fully saturated rings. The van der Waals surface area contributed by atoms with E-state index in [1.165, 1.54) is 19.3 Å². The Morgan fingerprint density at radius 3 is 2.53 bits per heavy atom. The van der Waals surface area contributed by atoms with Gasteiger partial charge in [-0.1, -0.05) is 27.2 Å². The molecule has 0 spiro atoms. The fourth-order valence-electron chi connectivity index (χ4n) is 4.58. The standard InChI is InChI=1S/C16H27NO2/c1-15(2)11-7-8-16(15,3)13(10-11)19-14(18)12-6-4-5-9-17-12/h11-13,17H,4-10H2,1-3H3/t11?,12-,13?,16?/m0/s1. The van der Waals surface area contributed by atoms with Gasteiger partial charge in [0.15, 0.2) is 0 Å². The maximum absolute atomic E-state index is 12.3. The number of nitrogens with one attached hydrogen (secondary N) is 1. The molecule has 2 bridgehead atoms. The molecule has 1 saturated heterocycles. The maximum Gasteiger partial charge on any atom is 0.323 e. The van der Waals surface area contributed by atoms with Crippen molar-refractivity contribution >= 4 is 5.97 Å². The third-order valence-electron chi connectivity index (χ3n) is 6.57.